The van der Waals surface area contributed by atoms with Crippen molar-refractivity contribution in [2.75, 3.05) is 32.8 Å². The Morgan fingerprint density at radius 3 is 2.71 bits per heavy atom. The zero-order valence-corrected chi connectivity index (χ0v) is 13.0. The molecule has 0 aromatic carbocycles. The highest BCUT2D eigenvalue weighted by Crippen LogP contribution is 2.26. The number of aliphatic hydroxyl groups is 2. The monoisotopic (exact) mass is 300 g/mol. The second kappa shape index (κ2) is 7.05. The Kier molecular flexibility index (Phi) is 5.60. The van der Waals surface area contributed by atoms with Crippen molar-refractivity contribution in [2.45, 2.75) is 50.9 Å². The van der Waals surface area contributed by atoms with Crippen molar-refractivity contribution in [3.05, 3.63) is 0 Å². The summed E-state index contributed by atoms with van der Waals surface area (Å²) in [5.41, 5.74) is -0.830. The first-order chi connectivity index (χ1) is 9.91. The number of hydrogen-bond donors (Lipinski definition) is 3. The van der Waals surface area contributed by atoms with Crippen LogP contribution in [0.2, 0.25) is 0 Å². The molecule has 0 aliphatic carbocycles. The molecule has 2 aliphatic rings. The maximum absolute atomic E-state index is 12.0. The van der Waals surface area contributed by atoms with E-state index in [1.54, 1.807) is 0 Å². The predicted octanol–water partition coefficient (Wildman–Crippen LogP) is -0.265. The van der Waals surface area contributed by atoms with Crippen LogP contribution in [0.3, 0.4) is 0 Å². The Morgan fingerprint density at radius 1 is 1.43 bits per heavy atom. The Hall–Kier alpha value is -0.690. The normalized spacial score (nSPS) is 28.4. The molecule has 3 N–H and O–H groups in total. The lowest BCUT2D eigenvalue weighted by atomic mass is 9.88. The first-order valence-corrected chi connectivity index (χ1v) is 7.91. The number of amides is 1. The number of rotatable bonds is 5. The van der Waals surface area contributed by atoms with Gasteiger partial charge in [0.25, 0.3) is 0 Å². The molecule has 6 nitrogen and oxygen atoms in total. The lowest BCUT2D eigenvalue weighted by Crippen LogP contribution is -2.59. The molecule has 122 valence electrons. The van der Waals surface area contributed by atoms with Crippen LogP contribution in [0.1, 0.15) is 33.1 Å². The standard InChI is InChI=1S/C15H28N2O4/c1-11(2)13-14(19)16-5-6-17(13)10-12(18)9-15(20)3-7-21-8-4-15/h11-13,18,20H,3-10H2,1-2H3,(H,16,19). The molecule has 2 rings (SSSR count). The second-order valence-corrected chi connectivity index (χ2v) is 6.67. The highest BCUT2D eigenvalue weighted by molar-refractivity contribution is 5.82. The van der Waals surface area contributed by atoms with Crippen LogP contribution in [0.25, 0.3) is 0 Å². The smallest absolute Gasteiger partial charge is 0.237 e. The van der Waals surface area contributed by atoms with Gasteiger partial charge in [-0.2, -0.15) is 0 Å². The average molecular weight is 300 g/mol. The van der Waals surface area contributed by atoms with E-state index in [2.05, 4.69) is 5.32 Å². The number of carbonyl (C=O) groups is 1. The number of aliphatic hydroxyl groups excluding tert-OH is 1. The fourth-order valence-corrected chi connectivity index (χ4v) is 3.39. The van der Waals surface area contributed by atoms with Crippen molar-refractivity contribution in [3.8, 4) is 0 Å². The van der Waals surface area contributed by atoms with Gasteiger partial charge in [-0.25, -0.2) is 0 Å². The van der Waals surface area contributed by atoms with Gasteiger partial charge in [-0.15, -0.1) is 0 Å². The molecule has 2 aliphatic heterocycles. The molecular weight excluding hydrogens is 272 g/mol. The van der Waals surface area contributed by atoms with Gasteiger partial charge in [-0.1, -0.05) is 13.8 Å². The van der Waals surface area contributed by atoms with E-state index in [0.717, 1.165) is 6.54 Å². The topological polar surface area (TPSA) is 82.0 Å². The van der Waals surface area contributed by atoms with E-state index >= 15 is 0 Å². The van der Waals surface area contributed by atoms with Gasteiger partial charge in [0.1, 0.15) is 0 Å². The van der Waals surface area contributed by atoms with Crippen LogP contribution in [0.5, 0.6) is 0 Å². The lowest BCUT2D eigenvalue weighted by molar-refractivity contribution is -0.132. The molecular formula is C15H28N2O4. The maximum Gasteiger partial charge on any atom is 0.237 e. The number of piperazine rings is 1. The first kappa shape index (κ1) is 16.7. The molecule has 0 spiro atoms. The molecule has 1 amide bonds. The summed E-state index contributed by atoms with van der Waals surface area (Å²) in [5.74, 6) is 0.233. The summed E-state index contributed by atoms with van der Waals surface area (Å²) >= 11 is 0. The van der Waals surface area contributed by atoms with Crippen molar-refractivity contribution < 1.29 is 19.7 Å². The van der Waals surface area contributed by atoms with E-state index in [0.29, 0.717) is 45.6 Å². The molecule has 2 atom stereocenters. The van der Waals surface area contributed by atoms with Crippen molar-refractivity contribution >= 4 is 5.91 Å². The van der Waals surface area contributed by atoms with Gasteiger partial charge in [0, 0.05) is 39.3 Å². The predicted molar refractivity (Wildman–Crippen MR) is 78.8 cm³/mol. The van der Waals surface area contributed by atoms with Crippen LogP contribution < -0.4 is 5.32 Å². The van der Waals surface area contributed by atoms with Crippen molar-refractivity contribution in [3.63, 3.8) is 0 Å². The summed E-state index contributed by atoms with van der Waals surface area (Å²) in [5, 5.41) is 23.7. The van der Waals surface area contributed by atoms with Gasteiger partial charge >= 0.3 is 0 Å². The van der Waals surface area contributed by atoms with E-state index in [-0.39, 0.29) is 17.9 Å². The van der Waals surface area contributed by atoms with Crippen LogP contribution in [0.15, 0.2) is 0 Å². The summed E-state index contributed by atoms with van der Waals surface area (Å²) in [6.07, 6.45) is 0.857. The first-order valence-electron chi connectivity index (χ1n) is 7.91. The van der Waals surface area contributed by atoms with E-state index in [9.17, 15) is 15.0 Å². The Morgan fingerprint density at radius 2 is 2.10 bits per heavy atom. The average Bonchev–Trinajstić information content (AvgIpc) is 2.38. The number of carbonyl (C=O) groups excluding carboxylic acids is 1. The molecule has 0 saturated carbocycles. The molecule has 6 heteroatoms. The molecule has 2 saturated heterocycles. The van der Waals surface area contributed by atoms with Crippen LogP contribution in [0, 0.1) is 5.92 Å². The number of nitrogens with zero attached hydrogens (tertiary/aromatic N) is 1. The molecule has 2 fully saturated rings. The zero-order chi connectivity index (χ0) is 15.5. The maximum atomic E-state index is 12.0. The number of β-amino-alcohol motifs (C(OH)–C–C–N with tert-alkyl or cyclic N) is 1. The largest absolute Gasteiger partial charge is 0.392 e. The summed E-state index contributed by atoms with van der Waals surface area (Å²) in [6.45, 7) is 6.91. The van der Waals surface area contributed by atoms with E-state index in [4.69, 9.17) is 4.74 Å². The summed E-state index contributed by atoms with van der Waals surface area (Å²) in [7, 11) is 0. The third-order valence-corrected chi connectivity index (χ3v) is 4.48. The number of hydrogen-bond acceptors (Lipinski definition) is 5. The van der Waals surface area contributed by atoms with Crippen LogP contribution in [-0.2, 0) is 9.53 Å². The zero-order valence-electron chi connectivity index (χ0n) is 13.0. The molecule has 21 heavy (non-hydrogen) atoms. The summed E-state index contributed by atoms with van der Waals surface area (Å²) in [6, 6.07) is -0.197. The second-order valence-electron chi connectivity index (χ2n) is 6.67. The fourth-order valence-electron chi connectivity index (χ4n) is 3.39. The highest BCUT2D eigenvalue weighted by atomic mass is 16.5. The minimum atomic E-state index is -0.830. The van der Waals surface area contributed by atoms with Gasteiger partial charge < -0.3 is 20.3 Å². The third-order valence-electron chi connectivity index (χ3n) is 4.48. The van der Waals surface area contributed by atoms with Crippen molar-refractivity contribution in [2.24, 2.45) is 5.92 Å². The van der Waals surface area contributed by atoms with Gasteiger partial charge in [0.05, 0.1) is 17.7 Å². The Bertz CT molecular complexity index is 356. The van der Waals surface area contributed by atoms with Crippen molar-refractivity contribution in [1.82, 2.24) is 10.2 Å². The van der Waals surface area contributed by atoms with E-state index in [1.165, 1.54) is 0 Å². The SMILES string of the molecule is CC(C)C1C(=O)NCCN1CC(O)CC1(O)CCOCC1. The third kappa shape index (κ3) is 4.39. The minimum absolute atomic E-state index is 0.0354. The molecule has 2 unspecified atom stereocenters. The van der Waals surface area contributed by atoms with E-state index < -0.39 is 11.7 Å². The van der Waals surface area contributed by atoms with Crippen LogP contribution in [0.4, 0.5) is 0 Å². The number of ether oxygens (including phenoxy) is 1. The molecule has 0 bridgehead atoms. The van der Waals surface area contributed by atoms with E-state index in [1.807, 2.05) is 18.7 Å². The van der Waals surface area contributed by atoms with Gasteiger partial charge in [-0.3, -0.25) is 9.69 Å². The van der Waals surface area contributed by atoms with Gasteiger partial charge in [0.2, 0.25) is 5.91 Å². The summed E-state index contributed by atoms with van der Waals surface area (Å²) in [4.78, 5) is 14.0. The fraction of sp³-hybridized carbons (Fsp3) is 0.933. The highest BCUT2D eigenvalue weighted by Gasteiger charge is 2.36. The number of nitrogens with one attached hydrogen (secondary N) is 1. The van der Waals surface area contributed by atoms with Crippen molar-refractivity contribution in [1.29, 1.82) is 0 Å². The minimum Gasteiger partial charge on any atom is -0.392 e. The van der Waals surface area contributed by atoms with Gasteiger partial charge in [-0.05, 0) is 18.8 Å². The molecule has 0 radical (unpaired) electrons. The molecule has 2 heterocycles. The molecule has 0 aromatic heterocycles. The van der Waals surface area contributed by atoms with Crippen LogP contribution in [-0.4, -0.2) is 71.6 Å². The molecule has 0 aromatic rings. The quantitative estimate of drug-likeness (QED) is 0.651. The lowest BCUT2D eigenvalue weighted by Gasteiger charge is -2.40. The van der Waals surface area contributed by atoms with Crippen LogP contribution >= 0.6 is 0 Å². The summed E-state index contributed by atoms with van der Waals surface area (Å²) < 4.78 is 5.25. The Balaban J connectivity index is 1.91. The Labute approximate surface area is 126 Å². The van der Waals surface area contributed by atoms with Gasteiger partial charge in [0.15, 0.2) is 0 Å².